The summed E-state index contributed by atoms with van der Waals surface area (Å²) >= 11 is 7.63. The fourth-order valence-corrected chi connectivity index (χ4v) is 4.66. The number of nitrogens with zero attached hydrogens (tertiary/aromatic N) is 3. The second kappa shape index (κ2) is 10.2. The van der Waals surface area contributed by atoms with Crippen LogP contribution in [0.3, 0.4) is 0 Å². The van der Waals surface area contributed by atoms with Gasteiger partial charge in [0.1, 0.15) is 23.0 Å². The zero-order valence-corrected chi connectivity index (χ0v) is 20.0. The maximum atomic E-state index is 12.9. The van der Waals surface area contributed by atoms with E-state index in [4.69, 9.17) is 26.1 Å². The Morgan fingerprint density at radius 2 is 1.94 bits per heavy atom. The third kappa shape index (κ3) is 5.08. The molecule has 7 nitrogen and oxygen atoms in total. The van der Waals surface area contributed by atoms with Gasteiger partial charge in [0, 0.05) is 30.1 Å². The molecule has 0 unspecified atom stereocenters. The van der Waals surface area contributed by atoms with Crippen LogP contribution in [0.15, 0.2) is 53.9 Å². The van der Waals surface area contributed by atoms with E-state index in [1.807, 2.05) is 42.3 Å². The van der Waals surface area contributed by atoms with E-state index in [2.05, 4.69) is 15.7 Å². The highest BCUT2D eigenvalue weighted by Gasteiger charge is 2.20. The second-order valence-electron chi connectivity index (χ2n) is 7.34. The molecule has 0 fully saturated rings. The lowest BCUT2D eigenvalue weighted by Gasteiger charge is -2.20. The molecule has 0 bridgehead atoms. The first-order valence-electron chi connectivity index (χ1n) is 10.2. The van der Waals surface area contributed by atoms with Crippen molar-refractivity contribution in [2.24, 2.45) is 0 Å². The molecule has 0 atom stereocenters. The first-order valence-corrected chi connectivity index (χ1v) is 11.4. The van der Waals surface area contributed by atoms with E-state index in [9.17, 15) is 4.79 Å². The van der Waals surface area contributed by atoms with Crippen LogP contribution in [0, 0.1) is 0 Å². The molecule has 0 aliphatic carbocycles. The zero-order chi connectivity index (χ0) is 23.4. The van der Waals surface area contributed by atoms with Crippen molar-refractivity contribution >= 4 is 50.6 Å². The van der Waals surface area contributed by atoms with Crippen LogP contribution < -0.4 is 15.0 Å². The quantitative estimate of drug-likeness (QED) is 0.370. The summed E-state index contributed by atoms with van der Waals surface area (Å²) in [5.74, 6) is 1.53. The third-order valence-corrected chi connectivity index (χ3v) is 6.10. The molecule has 1 amide bonds. The Morgan fingerprint density at radius 3 is 2.67 bits per heavy atom. The Bertz CT molecular complexity index is 1280. The molecule has 0 radical (unpaired) electrons. The summed E-state index contributed by atoms with van der Waals surface area (Å²) in [6.45, 7) is 0.347. The highest BCUT2D eigenvalue weighted by Crippen LogP contribution is 2.38. The Labute approximate surface area is 200 Å². The van der Waals surface area contributed by atoms with Gasteiger partial charge < -0.3 is 19.7 Å². The van der Waals surface area contributed by atoms with Gasteiger partial charge in [0.25, 0.3) is 0 Å². The Hall–Kier alpha value is -3.20. The van der Waals surface area contributed by atoms with Gasteiger partial charge in [0.15, 0.2) is 5.82 Å². The number of nitrogens with one attached hydrogen (secondary N) is 1. The number of hydrogen-bond acceptors (Lipinski definition) is 7. The van der Waals surface area contributed by atoms with E-state index < -0.39 is 0 Å². The van der Waals surface area contributed by atoms with Gasteiger partial charge in [-0.3, -0.25) is 4.79 Å². The van der Waals surface area contributed by atoms with Crippen LogP contribution in [0.4, 0.5) is 11.5 Å². The predicted octanol–water partition coefficient (Wildman–Crippen LogP) is 5.24. The molecule has 4 rings (SSSR count). The van der Waals surface area contributed by atoms with Crippen molar-refractivity contribution in [3.63, 3.8) is 0 Å². The molecule has 0 saturated heterocycles. The molecule has 0 aliphatic heterocycles. The maximum Gasteiger partial charge on any atom is 0.244 e. The minimum atomic E-state index is -0.227. The van der Waals surface area contributed by atoms with Crippen molar-refractivity contribution < 1.29 is 14.3 Å². The van der Waals surface area contributed by atoms with E-state index in [0.717, 1.165) is 21.3 Å². The van der Waals surface area contributed by atoms with E-state index in [-0.39, 0.29) is 19.1 Å². The lowest BCUT2D eigenvalue weighted by molar-refractivity contribution is -0.114. The Kier molecular flexibility index (Phi) is 7.08. The van der Waals surface area contributed by atoms with Crippen LogP contribution in [0.1, 0.15) is 5.82 Å². The number of likely N-dealkylation sites (N-methyl/N-ethyl adjacent to an activating group) is 1. The largest absolute Gasteiger partial charge is 0.495 e. The fraction of sp³-hybridized carbons (Fsp3) is 0.208. The topological polar surface area (TPSA) is 76.6 Å². The van der Waals surface area contributed by atoms with Gasteiger partial charge >= 0.3 is 0 Å². The first kappa shape index (κ1) is 23.0. The van der Waals surface area contributed by atoms with Crippen molar-refractivity contribution in [1.82, 2.24) is 9.97 Å². The normalized spacial score (nSPS) is 10.9. The zero-order valence-electron chi connectivity index (χ0n) is 18.5. The van der Waals surface area contributed by atoms with Crippen LogP contribution in [0.2, 0.25) is 5.02 Å². The van der Waals surface area contributed by atoms with Gasteiger partial charge in [-0.15, -0.1) is 11.3 Å². The minimum absolute atomic E-state index is 0.0677. The Balaban J connectivity index is 1.68. The lowest BCUT2D eigenvalue weighted by atomic mass is 10.1. The number of fused-ring (bicyclic) bond motifs is 1. The average molecular weight is 483 g/mol. The van der Waals surface area contributed by atoms with Crippen LogP contribution in [0.25, 0.3) is 21.3 Å². The van der Waals surface area contributed by atoms with Gasteiger partial charge in [-0.25, -0.2) is 9.97 Å². The van der Waals surface area contributed by atoms with Crippen LogP contribution >= 0.6 is 22.9 Å². The van der Waals surface area contributed by atoms with Crippen molar-refractivity contribution in [1.29, 1.82) is 0 Å². The van der Waals surface area contributed by atoms with Crippen molar-refractivity contribution in [3.8, 4) is 16.9 Å². The second-order valence-corrected chi connectivity index (χ2v) is 8.64. The monoisotopic (exact) mass is 482 g/mol. The van der Waals surface area contributed by atoms with Gasteiger partial charge in [0.2, 0.25) is 5.91 Å². The predicted molar refractivity (Wildman–Crippen MR) is 133 cm³/mol. The number of benzene rings is 2. The number of halogens is 1. The molecule has 33 heavy (non-hydrogen) atoms. The average Bonchev–Trinajstić information content (AvgIpc) is 3.23. The smallest absolute Gasteiger partial charge is 0.244 e. The highest BCUT2D eigenvalue weighted by atomic mass is 35.5. The van der Waals surface area contributed by atoms with Gasteiger partial charge in [-0.2, -0.15) is 0 Å². The third-order valence-electron chi connectivity index (χ3n) is 5.00. The van der Waals surface area contributed by atoms with Crippen molar-refractivity contribution in [3.05, 3.63) is 64.8 Å². The number of aromatic nitrogens is 2. The van der Waals surface area contributed by atoms with Crippen molar-refractivity contribution in [2.45, 2.75) is 6.61 Å². The summed E-state index contributed by atoms with van der Waals surface area (Å²) in [5.41, 5.74) is 2.60. The summed E-state index contributed by atoms with van der Waals surface area (Å²) in [7, 11) is 4.98. The molecule has 1 N–H and O–H groups in total. The molecule has 0 saturated carbocycles. The van der Waals surface area contributed by atoms with Gasteiger partial charge in [0.05, 0.1) is 24.7 Å². The summed E-state index contributed by atoms with van der Waals surface area (Å²) in [6.07, 6.45) is 0. The molecule has 0 aliphatic rings. The molecule has 2 heterocycles. The van der Waals surface area contributed by atoms with Gasteiger partial charge in [-0.1, -0.05) is 41.9 Å². The van der Waals surface area contributed by atoms with Crippen LogP contribution in [-0.4, -0.2) is 43.7 Å². The van der Waals surface area contributed by atoms with E-state index in [1.165, 1.54) is 0 Å². The molecule has 2 aromatic carbocycles. The molecule has 4 aromatic rings. The molecule has 170 valence electrons. The molecule has 9 heteroatoms. The summed E-state index contributed by atoms with van der Waals surface area (Å²) < 4.78 is 10.6. The summed E-state index contributed by atoms with van der Waals surface area (Å²) in [6, 6.07) is 15.1. The highest BCUT2D eigenvalue weighted by molar-refractivity contribution is 7.17. The number of rotatable bonds is 8. The fourth-order valence-electron chi connectivity index (χ4n) is 3.52. The van der Waals surface area contributed by atoms with Gasteiger partial charge in [-0.05, 0) is 23.8 Å². The maximum absolute atomic E-state index is 12.9. The molecule has 0 spiro atoms. The number of hydrogen-bond donors (Lipinski definition) is 1. The Morgan fingerprint density at radius 1 is 1.15 bits per heavy atom. The van der Waals surface area contributed by atoms with E-state index in [0.29, 0.717) is 28.1 Å². The van der Waals surface area contributed by atoms with Crippen molar-refractivity contribution in [2.75, 3.05) is 38.0 Å². The lowest BCUT2D eigenvalue weighted by Crippen LogP contribution is -2.31. The number of ether oxygens (including phenoxy) is 2. The number of thiophene rings is 1. The standard InChI is InChI=1S/C24H23ClN4O3S/c1-29(12-21(30)26-18-11-16(25)9-10-19(18)32-3)23-22-17(15-7-5-4-6-8-15)14-33-24(22)28-20(27-23)13-31-2/h4-11,14H,12-13H2,1-3H3,(H,26,30). The molecule has 2 aromatic heterocycles. The minimum Gasteiger partial charge on any atom is -0.495 e. The molecular weight excluding hydrogens is 460 g/mol. The van der Waals surface area contributed by atoms with Crippen LogP contribution in [0.5, 0.6) is 5.75 Å². The molecular formula is C24H23ClN4O3S. The van der Waals surface area contributed by atoms with E-state index >= 15 is 0 Å². The van der Waals surface area contributed by atoms with Crippen LogP contribution in [-0.2, 0) is 16.1 Å². The summed E-state index contributed by atoms with van der Waals surface area (Å²) in [4.78, 5) is 24.9. The number of carbonyl (C=O) groups is 1. The number of methoxy groups -OCH3 is 2. The summed E-state index contributed by atoms with van der Waals surface area (Å²) in [5, 5.41) is 6.36. The SMILES string of the molecule is COCc1nc(N(C)CC(=O)Nc2cc(Cl)ccc2OC)c2c(-c3ccccc3)csc2n1. The number of amides is 1. The van der Waals surface area contributed by atoms with E-state index in [1.54, 1.807) is 43.8 Å². The number of carbonyl (C=O) groups excluding carboxylic acids is 1. The first-order chi connectivity index (χ1) is 16.0. The number of anilines is 2.